The SMILES string of the molecule is CCOc1ccc(NC(=O)c2ccccc2NC(=O)c2cccc(OCCc3ccccc3)c2)cc1. The second kappa shape index (κ2) is 12.2. The predicted molar refractivity (Wildman–Crippen MR) is 142 cm³/mol. The van der Waals surface area contributed by atoms with E-state index in [-0.39, 0.29) is 11.8 Å². The Morgan fingerprint density at radius 2 is 1.44 bits per heavy atom. The minimum atomic E-state index is -0.329. The lowest BCUT2D eigenvalue weighted by Gasteiger charge is -2.13. The molecule has 0 aliphatic heterocycles. The summed E-state index contributed by atoms with van der Waals surface area (Å²) in [6.07, 6.45) is 0.772. The molecule has 0 spiro atoms. The Labute approximate surface area is 210 Å². The van der Waals surface area contributed by atoms with Gasteiger partial charge in [0.15, 0.2) is 0 Å². The van der Waals surface area contributed by atoms with Crippen LogP contribution in [0.3, 0.4) is 0 Å². The molecule has 0 unspecified atom stereocenters. The number of carbonyl (C=O) groups is 2. The number of para-hydroxylation sites is 1. The minimum absolute atomic E-state index is 0.326. The zero-order valence-electron chi connectivity index (χ0n) is 20.1. The summed E-state index contributed by atoms with van der Waals surface area (Å²) in [6.45, 7) is 2.99. The van der Waals surface area contributed by atoms with Gasteiger partial charge in [-0.1, -0.05) is 48.5 Å². The highest BCUT2D eigenvalue weighted by Crippen LogP contribution is 2.21. The fourth-order valence-electron chi connectivity index (χ4n) is 3.64. The monoisotopic (exact) mass is 480 g/mol. The summed E-state index contributed by atoms with van der Waals surface area (Å²) in [6, 6.07) is 31.1. The van der Waals surface area contributed by atoms with Crippen LogP contribution in [0.2, 0.25) is 0 Å². The van der Waals surface area contributed by atoms with Crippen molar-refractivity contribution in [2.75, 3.05) is 23.8 Å². The molecule has 2 N–H and O–H groups in total. The molecular weight excluding hydrogens is 452 g/mol. The number of hydrogen-bond acceptors (Lipinski definition) is 4. The van der Waals surface area contributed by atoms with Gasteiger partial charge in [0.25, 0.3) is 11.8 Å². The Morgan fingerprint density at radius 1 is 0.694 bits per heavy atom. The molecule has 0 heterocycles. The maximum atomic E-state index is 13.0. The average molecular weight is 481 g/mol. The molecule has 0 saturated carbocycles. The topological polar surface area (TPSA) is 76.7 Å². The lowest BCUT2D eigenvalue weighted by atomic mass is 10.1. The van der Waals surface area contributed by atoms with E-state index in [1.165, 1.54) is 5.56 Å². The molecule has 182 valence electrons. The number of hydrogen-bond donors (Lipinski definition) is 2. The molecule has 4 aromatic carbocycles. The Morgan fingerprint density at radius 3 is 2.22 bits per heavy atom. The Bertz CT molecular complexity index is 1300. The van der Waals surface area contributed by atoms with Crippen LogP contribution in [0.5, 0.6) is 11.5 Å². The first-order chi connectivity index (χ1) is 17.6. The van der Waals surface area contributed by atoms with Crippen molar-refractivity contribution in [3.05, 3.63) is 120 Å². The average Bonchev–Trinajstić information content (AvgIpc) is 2.91. The second-order valence-electron chi connectivity index (χ2n) is 8.02. The molecule has 2 amide bonds. The van der Waals surface area contributed by atoms with Gasteiger partial charge < -0.3 is 20.1 Å². The quantitative estimate of drug-likeness (QED) is 0.283. The van der Waals surface area contributed by atoms with E-state index in [0.29, 0.717) is 41.5 Å². The van der Waals surface area contributed by atoms with Crippen LogP contribution < -0.4 is 20.1 Å². The number of ether oxygens (including phenoxy) is 2. The third-order valence-corrected chi connectivity index (χ3v) is 5.44. The molecule has 0 radical (unpaired) electrons. The van der Waals surface area contributed by atoms with E-state index in [1.807, 2.05) is 31.2 Å². The lowest BCUT2D eigenvalue weighted by Crippen LogP contribution is -2.18. The predicted octanol–water partition coefficient (Wildman–Crippen LogP) is 6.21. The maximum absolute atomic E-state index is 13.0. The fourth-order valence-corrected chi connectivity index (χ4v) is 3.64. The van der Waals surface area contributed by atoms with E-state index < -0.39 is 0 Å². The molecule has 0 aromatic heterocycles. The van der Waals surface area contributed by atoms with E-state index in [2.05, 4.69) is 22.8 Å². The molecule has 6 nitrogen and oxygen atoms in total. The number of nitrogens with one attached hydrogen (secondary N) is 2. The van der Waals surface area contributed by atoms with Crippen LogP contribution in [-0.4, -0.2) is 25.0 Å². The molecule has 0 saturated heterocycles. The summed E-state index contributed by atoms with van der Waals surface area (Å²) in [7, 11) is 0. The van der Waals surface area contributed by atoms with E-state index >= 15 is 0 Å². The van der Waals surface area contributed by atoms with Crippen molar-refractivity contribution in [3.8, 4) is 11.5 Å². The van der Waals surface area contributed by atoms with E-state index in [1.54, 1.807) is 66.7 Å². The van der Waals surface area contributed by atoms with Gasteiger partial charge in [-0.05, 0) is 67.1 Å². The second-order valence-corrected chi connectivity index (χ2v) is 8.02. The third kappa shape index (κ3) is 6.73. The first kappa shape index (κ1) is 24.5. The van der Waals surface area contributed by atoms with Crippen molar-refractivity contribution in [3.63, 3.8) is 0 Å². The van der Waals surface area contributed by atoms with Crippen LogP contribution in [0, 0.1) is 0 Å². The van der Waals surface area contributed by atoms with Crippen LogP contribution in [-0.2, 0) is 6.42 Å². The fraction of sp³-hybridized carbons (Fsp3) is 0.133. The molecule has 0 bridgehead atoms. The van der Waals surface area contributed by atoms with Crippen molar-refractivity contribution in [2.45, 2.75) is 13.3 Å². The van der Waals surface area contributed by atoms with Gasteiger partial charge in [-0.15, -0.1) is 0 Å². The standard InChI is InChI=1S/C30H28N2O4/c1-2-35-25-17-15-24(16-18-25)31-30(34)27-13-6-7-14-28(27)32-29(33)23-11-8-12-26(21-23)36-20-19-22-9-4-3-5-10-22/h3-18,21H,2,19-20H2,1H3,(H,31,34)(H,32,33). The lowest BCUT2D eigenvalue weighted by molar-refractivity contribution is 0.102. The normalized spacial score (nSPS) is 10.4. The van der Waals surface area contributed by atoms with E-state index in [4.69, 9.17) is 9.47 Å². The maximum Gasteiger partial charge on any atom is 0.257 e. The molecule has 0 aliphatic rings. The summed E-state index contributed by atoms with van der Waals surface area (Å²) >= 11 is 0. The van der Waals surface area contributed by atoms with Gasteiger partial charge in [-0.25, -0.2) is 0 Å². The number of anilines is 2. The smallest absolute Gasteiger partial charge is 0.257 e. The largest absolute Gasteiger partial charge is 0.494 e. The Balaban J connectivity index is 1.39. The van der Waals surface area contributed by atoms with Gasteiger partial charge in [0.1, 0.15) is 11.5 Å². The third-order valence-electron chi connectivity index (χ3n) is 5.44. The van der Waals surface area contributed by atoms with Gasteiger partial charge >= 0.3 is 0 Å². The van der Waals surface area contributed by atoms with Gasteiger partial charge in [0.2, 0.25) is 0 Å². The summed E-state index contributed by atoms with van der Waals surface area (Å²) in [4.78, 5) is 25.9. The van der Waals surface area contributed by atoms with Crippen LogP contribution in [0.1, 0.15) is 33.2 Å². The summed E-state index contributed by atoms with van der Waals surface area (Å²) in [5, 5.41) is 5.71. The highest BCUT2D eigenvalue weighted by molar-refractivity contribution is 6.12. The number of rotatable bonds is 10. The van der Waals surface area contributed by atoms with Crippen molar-refractivity contribution >= 4 is 23.2 Å². The minimum Gasteiger partial charge on any atom is -0.494 e. The van der Waals surface area contributed by atoms with Gasteiger partial charge in [0, 0.05) is 17.7 Å². The first-order valence-corrected chi connectivity index (χ1v) is 11.8. The zero-order chi connectivity index (χ0) is 25.2. The van der Waals surface area contributed by atoms with Crippen molar-refractivity contribution in [1.82, 2.24) is 0 Å². The molecule has 4 aromatic rings. The summed E-state index contributed by atoms with van der Waals surface area (Å²) in [5.41, 5.74) is 3.03. The molecule has 0 fully saturated rings. The van der Waals surface area contributed by atoms with Crippen LogP contribution in [0.25, 0.3) is 0 Å². The van der Waals surface area contributed by atoms with Gasteiger partial charge in [-0.3, -0.25) is 9.59 Å². The van der Waals surface area contributed by atoms with E-state index in [0.717, 1.165) is 12.2 Å². The molecule has 0 atom stereocenters. The van der Waals surface area contributed by atoms with Crippen molar-refractivity contribution in [2.24, 2.45) is 0 Å². The zero-order valence-corrected chi connectivity index (χ0v) is 20.1. The highest BCUT2D eigenvalue weighted by atomic mass is 16.5. The van der Waals surface area contributed by atoms with Crippen LogP contribution in [0.15, 0.2) is 103 Å². The van der Waals surface area contributed by atoms with Crippen LogP contribution >= 0.6 is 0 Å². The Kier molecular flexibility index (Phi) is 8.33. The van der Waals surface area contributed by atoms with Gasteiger partial charge in [0.05, 0.1) is 24.5 Å². The first-order valence-electron chi connectivity index (χ1n) is 11.8. The van der Waals surface area contributed by atoms with E-state index in [9.17, 15) is 9.59 Å². The van der Waals surface area contributed by atoms with Gasteiger partial charge in [-0.2, -0.15) is 0 Å². The van der Waals surface area contributed by atoms with Crippen molar-refractivity contribution in [1.29, 1.82) is 0 Å². The summed E-state index contributed by atoms with van der Waals surface area (Å²) in [5.74, 6) is 0.687. The molecular formula is C30H28N2O4. The molecule has 6 heteroatoms. The number of amides is 2. The molecule has 36 heavy (non-hydrogen) atoms. The Hall–Kier alpha value is -4.58. The highest BCUT2D eigenvalue weighted by Gasteiger charge is 2.15. The number of benzene rings is 4. The van der Waals surface area contributed by atoms with Crippen LogP contribution in [0.4, 0.5) is 11.4 Å². The molecule has 4 rings (SSSR count). The molecule has 0 aliphatic carbocycles. The number of carbonyl (C=O) groups excluding carboxylic acids is 2. The summed E-state index contributed by atoms with van der Waals surface area (Å²) < 4.78 is 11.3. The van der Waals surface area contributed by atoms with Crippen molar-refractivity contribution < 1.29 is 19.1 Å².